The molecule has 0 saturated heterocycles. The van der Waals surface area contributed by atoms with Crippen LogP contribution in [0.4, 0.5) is 0 Å². The van der Waals surface area contributed by atoms with Gasteiger partial charge in [-0.1, -0.05) is 0 Å². The molecule has 2 aromatic rings. The number of nitrogens with zero attached hydrogens (tertiary/aromatic N) is 3. The van der Waals surface area contributed by atoms with Gasteiger partial charge in [-0.15, -0.1) is 5.10 Å². The van der Waals surface area contributed by atoms with Crippen molar-refractivity contribution in [3.05, 3.63) is 33.9 Å². The maximum Gasteiger partial charge on any atom is 0.350 e. The zero-order valence-corrected chi connectivity index (χ0v) is 7.90. The molecular weight excluding hydrogens is 166 g/mol. The van der Waals surface area contributed by atoms with Crippen LogP contribution in [0.3, 0.4) is 0 Å². The Balaban J connectivity index is 3.03. The lowest BCUT2D eigenvalue weighted by Gasteiger charge is -1.98. The molecule has 0 unspecified atom stereocenters. The highest BCUT2D eigenvalue weighted by atomic mass is 16.2. The van der Waals surface area contributed by atoms with E-state index in [9.17, 15) is 4.79 Å². The van der Waals surface area contributed by atoms with E-state index in [-0.39, 0.29) is 5.69 Å². The molecule has 0 bridgehead atoms. The van der Waals surface area contributed by atoms with E-state index in [1.807, 2.05) is 19.9 Å². The summed E-state index contributed by atoms with van der Waals surface area (Å²) < 4.78 is 2.91. The molecule has 0 aliphatic heterocycles. The van der Waals surface area contributed by atoms with Crippen LogP contribution in [-0.2, 0) is 7.05 Å². The van der Waals surface area contributed by atoms with Crippen molar-refractivity contribution in [3.8, 4) is 0 Å². The first-order valence-corrected chi connectivity index (χ1v) is 4.13. The van der Waals surface area contributed by atoms with Crippen LogP contribution in [0.15, 0.2) is 17.1 Å². The Labute approximate surface area is 75.4 Å². The third-order valence-electron chi connectivity index (χ3n) is 2.36. The Kier molecular flexibility index (Phi) is 1.52. The normalized spacial score (nSPS) is 11.0. The first kappa shape index (κ1) is 8.04. The molecule has 0 radical (unpaired) electrons. The number of rotatable bonds is 0. The highest BCUT2D eigenvalue weighted by Crippen LogP contribution is 2.09. The van der Waals surface area contributed by atoms with Gasteiger partial charge in [0.05, 0.1) is 0 Å². The van der Waals surface area contributed by atoms with Crippen molar-refractivity contribution < 1.29 is 0 Å². The zero-order chi connectivity index (χ0) is 9.59. The Hall–Kier alpha value is -1.58. The van der Waals surface area contributed by atoms with E-state index in [4.69, 9.17) is 0 Å². The lowest BCUT2D eigenvalue weighted by atomic mass is 10.2. The summed E-state index contributed by atoms with van der Waals surface area (Å²) in [4.78, 5) is 11.5. The van der Waals surface area contributed by atoms with Crippen molar-refractivity contribution in [1.82, 2.24) is 14.2 Å². The second-order valence-corrected chi connectivity index (χ2v) is 3.22. The van der Waals surface area contributed by atoms with Crippen LogP contribution in [0.2, 0.25) is 0 Å². The predicted octanol–water partition coefficient (Wildman–Crippen LogP) is 0.650. The number of aryl methyl sites for hydroxylation is 3. The molecule has 68 valence electrons. The minimum Gasteiger partial charge on any atom is -0.250 e. The average Bonchev–Trinajstić information content (AvgIpc) is 2.38. The number of hydrogen-bond donors (Lipinski definition) is 0. The molecule has 2 rings (SSSR count). The van der Waals surface area contributed by atoms with Crippen LogP contribution in [0.25, 0.3) is 5.65 Å². The third kappa shape index (κ3) is 0.983. The summed E-state index contributed by atoms with van der Waals surface area (Å²) in [6.45, 7) is 3.98. The van der Waals surface area contributed by atoms with E-state index in [0.29, 0.717) is 0 Å². The first-order valence-electron chi connectivity index (χ1n) is 4.13. The van der Waals surface area contributed by atoms with Crippen molar-refractivity contribution in [2.45, 2.75) is 13.8 Å². The van der Waals surface area contributed by atoms with Crippen molar-refractivity contribution >= 4 is 5.65 Å². The molecule has 0 N–H and O–H groups in total. The van der Waals surface area contributed by atoms with Gasteiger partial charge in [0.2, 0.25) is 0 Å². The summed E-state index contributed by atoms with van der Waals surface area (Å²) in [5.41, 5.74) is 2.85. The molecule has 2 heterocycles. The van der Waals surface area contributed by atoms with Crippen LogP contribution in [-0.4, -0.2) is 14.2 Å². The van der Waals surface area contributed by atoms with E-state index >= 15 is 0 Å². The van der Waals surface area contributed by atoms with Crippen molar-refractivity contribution in [2.24, 2.45) is 7.05 Å². The molecule has 0 fully saturated rings. The molecule has 0 aromatic carbocycles. The van der Waals surface area contributed by atoms with Crippen LogP contribution in [0.5, 0.6) is 0 Å². The molecule has 4 nitrogen and oxygen atoms in total. The van der Waals surface area contributed by atoms with Gasteiger partial charge in [0.1, 0.15) is 0 Å². The summed E-state index contributed by atoms with van der Waals surface area (Å²) in [6, 6.07) is 1.92. The molecule has 2 aromatic heterocycles. The number of aromatic nitrogens is 3. The molecule has 0 aliphatic rings. The van der Waals surface area contributed by atoms with Gasteiger partial charge in [-0.3, -0.25) is 4.40 Å². The smallest absolute Gasteiger partial charge is 0.250 e. The van der Waals surface area contributed by atoms with Gasteiger partial charge >= 0.3 is 5.69 Å². The Morgan fingerprint density at radius 2 is 2.08 bits per heavy atom. The topological polar surface area (TPSA) is 39.3 Å². The maximum absolute atomic E-state index is 11.5. The second-order valence-electron chi connectivity index (χ2n) is 3.22. The molecule has 13 heavy (non-hydrogen) atoms. The first-order chi connectivity index (χ1) is 6.11. The molecule has 0 amide bonds. The van der Waals surface area contributed by atoms with Crippen LogP contribution in [0.1, 0.15) is 11.1 Å². The lowest BCUT2D eigenvalue weighted by molar-refractivity contribution is 0.732. The second kappa shape index (κ2) is 2.45. The monoisotopic (exact) mass is 177 g/mol. The fourth-order valence-corrected chi connectivity index (χ4v) is 1.36. The summed E-state index contributed by atoms with van der Waals surface area (Å²) >= 11 is 0. The van der Waals surface area contributed by atoms with E-state index < -0.39 is 0 Å². The van der Waals surface area contributed by atoms with Gasteiger partial charge in [-0.25, -0.2) is 9.48 Å². The molecule has 0 saturated carbocycles. The lowest BCUT2D eigenvalue weighted by Crippen LogP contribution is -2.17. The van der Waals surface area contributed by atoms with E-state index in [0.717, 1.165) is 16.8 Å². The maximum atomic E-state index is 11.5. The highest BCUT2D eigenvalue weighted by Gasteiger charge is 2.06. The molecule has 0 spiro atoms. The summed E-state index contributed by atoms with van der Waals surface area (Å²) in [6.07, 6.45) is 1.76. The van der Waals surface area contributed by atoms with E-state index in [2.05, 4.69) is 5.10 Å². The minimum absolute atomic E-state index is 0.0990. The number of hydrogen-bond acceptors (Lipinski definition) is 2. The molecule has 0 atom stereocenters. The van der Waals surface area contributed by atoms with E-state index in [1.54, 1.807) is 17.6 Å². The Bertz CT molecular complexity index is 521. The minimum atomic E-state index is -0.0990. The number of fused-ring (bicyclic) bond motifs is 1. The summed E-state index contributed by atoms with van der Waals surface area (Å²) in [7, 11) is 1.66. The van der Waals surface area contributed by atoms with E-state index in [1.165, 1.54) is 4.68 Å². The molecule has 4 heteroatoms. The van der Waals surface area contributed by atoms with Crippen LogP contribution >= 0.6 is 0 Å². The standard InChI is InChI=1S/C9H11N3O/c1-6-4-5-12-8(7(6)2)10-11(3)9(12)13/h4-5H,1-3H3. The largest absolute Gasteiger partial charge is 0.350 e. The van der Waals surface area contributed by atoms with Gasteiger partial charge in [-0.2, -0.15) is 0 Å². The predicted molar refractivity (Wildman–Crippen MR) is 49.9 cm³/mol. The van der Waals surface area contributed by atoms with Crippen LogP contribution in [0, 0.1) is 13.8 Å². The highest BCUT2D eigenvalue weighted by molar-refractivity contribution is 5.49. The fourth-order valence-electron chi connectivity index (χ4n) is 1.36. The van der Waals surface area contributed by atoms with Gasteiger partial charge in [0, 0.05) is 13.2 Å². The zero-order valence-electron chi connectivity index (χ0n) is 7.90. The number of pyridine rings is 1. The van der Waals surface area contributed by atoms with Gasteiger partial charge in [0.15, 0.2) is 5.65 Å². The van der Waals surface area contributed by atoms with Crippen molar-refractivity contribution in [3.63, 3.8) is 0 Å². The van der Waals surface area contributed by atoms with Gasteiger partial charge in [0.25, 0.3) is 0 Å². The Morgan fingerprint density at radius 3 is 2.77 bits per heavy atom. The van der Waals surface area contributed by atoms with Gasteiger partial charge in [-0.05, 0) is 31.0 Å². The van der Waals surface area contributed by atoms with Crippen molar-refractivity contribution in [1.29, 1.82) is 0 Å². The summed E-state index contributed by atoms with van der Waals surface area (Å²) in [5.74, 6) is 0. The summed E-state index contributed by atoms with van der Waals surface area (Å²) in [5, 5.41) is 4.14. The third-order valence-corrected chi connectivity index (χ3v) is 2.36. The molecular formula is C9H11N3O. The fraction of sp³-hybridized carbons (Fsp3) is 0.333. The quantitative estimate of drug-likeness (QED) is 0.592. The average molecular weight is 177 g/mol. The van der Waals surface area contributed by atoms with Gasteiger partial charge < -0.3 is 0 Å². The molecule has 0 aliphatic carbocycles. The Morgan fingerprint density at radius 1 is 1.38 bits per heavy atom. The van der Waals surface area contributed by atoms with Crippen molar-refractivity contribution in [2.75, 3.05) is 0 Å². The SMILES string of the molecule is Cc1ccn2c(=O)n(C)nc2c1C. The van der Waals surface area contributed by atoms with Crippen LogP contribution < -0.4 is 5.69 Å².